The van der Waals surface area contributed by atoms with Crippen molar-refractivity contribution in [3.63, 3.8) is 0 Å². The molecule has 3 nitrogen and oxygen atoms in total. The van der Waals surface area contributed by atoms with Crippen molar-refractivity contribution in [2.45, 2.75) is 3.98 Å². The highest BCUT2D eigenvalue weighted by Crippen LogP contribution is 2.30. The molecule has 0 unspecified atom stereocenters. The van der Waals surface area contributed by atoms with Crippen LogP contribution in [-0.2, 0) is 0 Å². The Balaban J connectivity index is 2.74. The van der Waals surface area contributed by atoms with Crippen LogP contribution in [0.2, 0.25) is 0 Å². The van der Waals surface area contributed by atoms with Crippen molar-refractivity contribution in [2.75, 3.05) is 12.1 Å². The highest BCUT2D eigenvalue weighted by atomic mass is 35.6. The van der Waals surface area contributed by atoms with Gasteiger partial charge in [-0.15, -0.1) is 0 Å². The first-order chi connectivity index (χ1) is 6.38. The first kappa shape index (κ1) is 11.7. The van der Waals surface area contributed by atoms with E-state index >= 15 is 0 Å². The molecule has 0 atom stereocenters. The maximum Gasteiger partial charge on any atom is 0.338 e. The Morgan fingerprint density at radius 3 is 2.07 bits per heavy atom. The molecule has 2 N–H and O–H groups in total. The fourth-order valence-corrected chi connectivity index (χ4v) is 1.15. The lowest BCUT2D eigenvalue weighted by Crippen LogP contribution is -2.24. The van der Waals surface area contributed by atoms with Crippen LogP contribution in [0.3, 0.4) is 0 Å². The molecule has 14 heavy (non-hydrogen) atoms. The molecule has 0 fully saturated rings. The van der Waals surface area contributed by atoms with E-state index in [1.807, 2.05) is 0 Å². The second-order valence-corrected chi connectivity index (χ2v) is 4.83. The Bertz CT molecular complexity index is 294. The monoisotopic (exact) mass is 254 g/mol. The molecule has 0 aromatic heterocycles. The molecule has 0 saturated carbocycles. The molecular formula is C8H9Cl3N2O. The van der Waals surface area contributed by atoms with Crippen molar-refractivity contribution >= 4 is 40.5 Å². The molecule has 0 spiro atoms. The SMILES string of the molecule is CN(N)c1ccc(OC(Cl)(Cl)Cl)cc1. The van der Waals surface area contributed by atoms with Crippen molar-refractivity contribution < 1.29 is 4.74 Å². The van der Waals surface area contributed by atoms with Crippen molar-refractivity contribution in [2.24, 2.45) is 5.84 Å². The van der Waals surface area contributed by atoms with Crippen molar-refractivity contribution in [1.29, 1.82) is 0 Å². The summed E-state index contributed by atoms with van der Waals surface area (Å²) in [5, 5.41) is 1.47. The summed E-state index contributed by atoms with van der Waals surface area (Å²) in [6.07, 6.45) is 0. The van der Waals surface area contributed by atoms with Gasteiger partial charge >= 0.3 is 3.98 Å². The molecule has 0 amide bonds. The number of hydrazine groups is 1. The van der Waals surface area contributed by atoms with Gasteiger partial charge in [-0.25, -0.2) is 5.84 Å². The number of nitrogens with zero attached hydrogens (tertiary/aromatic N) is 1. The topological polar surface area (TPSA) is 38.5 Å². The maximum atomic E-state index is 5.51. The number of rotatable bonds is 2. The lowest BCUT2D eigenvalue weighted by Gasteiger charge is -2.15. The van der Waals surface area contributed by atoms with Crippen LogP contribution in [0.15, 0.2) is 24.3 Å². The predicted molar refractivity (Wildman–Crippen MR) is 60.0 cm³/mol. The summed E-state index contributed by atoms with van der Waals surface area (Å²) < 4.78 is 3.23. The summed E-state index contributed by atoms with van der Waals surface area (Å²) in [5.41, 5.74) is 0.835. The fourth-order valence-electron chi connectivity index (χ4n) is 0.883. The highest BCUT2D eigenvalue weighted by molar-refractivity contribution is 6.66. The van der Waals surface area contributed by atoms with E-state index in [2.05, 4.69) is 0 Å². The Labute approximate surface area is 97.3 Å². The van der Waals surface area contributed by atoms with Crippen LogP contribution in [0.1, 0.15) is 0 Å². The van der Waals surface area contributed by atoms with Crippen LogP contribution in [0.5, 0.6) is 5.75 Å². The van der Waals surface area contributed by atoms with Gasteiger partial charge in [-0.3, -0.25) is 0 Å². The molecule has 0 bridgehead atoms. The van der Waals surface area contributed by atoms with Gasteiger partial charge in [0.2, 0.25) is 0 Å². The Morgan fingerprint density at radius 2 is 1.71 bits per heavy atom. The van der Waals surface area contributed by atoms with Gasteiger partial charge < -0.3 is 9.75 Å². The van der Waals surface area contributed by atoms with E-state index in [-0.39, 0.29) is 0 Å². The number of nitrogens with two attached hydrogens (primary N) is 1. The zero-order valence-electron chi connectivity index (χ0n) is 7.38. The van der Waals surface area contributed by atoms with Gasteiger partial charge in [-0.05, 0) is 59.1 Å². The third-order valence-corrected chi connectivity index (χ3v) is 1.71. The van der Waals surface area contributed by atoms with E-state index in [4.69, 9.17) is 45.4 Å². The third-order valence-electron chi connectivity index (χ3n) is 1.48. The summed E-state index contributed by atoms with van der Waals surface area (Å²) >= 11 is 16.3. The van der Waals surface area contributed by atoms with Gasteiger partial charge in [0.05, 0.1) is 5.69 Å². The second kappa shape index (κ2) is 4.45. The summed E-state index contributed by atoms with van der Waals surface area (Å²) in [6.45, 7) is 0. The Hall–Kier alpha value is -0.350. The van der Waals surface area contributed by atoms with Crippen molar-refractivity contribution in [1.82, 2.24) is 0 Å². The number of halogens is 3. The molecule has 0 aliphatic rings. The van der Waals surface area contributed by atoms with Gasteiger partial charge in [0.25, 0.3) is 0 Å². The molecule has 0 aliphatic heterocycles. The minimum atomic E-state index is -1.74. The molecule has 1 rings (SSSR count). The van der Waals surface area contributed by atoms with Crippen LogP contribution in [0, 0.1) is 0 Å². The smallest absolute Gasteiger partial charge is 0.338 e. The van der Waals surface area contributed by atoms with Gasteiger partial charge in [-0.1, -0.05) is 0 Å². The fraction of sp³-hybridized carbons (Fsp3) is 0.250. The molecule has 78 valence electrons. The average Bonchev–Trinajstić information content (AvgIpc) is 2.02. The van der Waals surface area contributed by atoms with Gasteiger partial charge in [0, 0.05) is 7.05 Å². The van der Waals surface area contributed by atoms with Crippen LogP contribution in [0.4, 0.5) is 5.69 Å². The zero-order chi connectivity index (χ0) is 10.8. The van der Waals surface area contributed by atoms with E-state index in [0.29, 0.717) is 5.75 Å². The normalized spacial score (nSPS) is 11.2. The quantitative estimate of drug-likeness (QED) is 0.502. The van der Waals surface area contributed by atoms with Gasteiger partial charge in [0.15, 0.2) is 0 Å². The van der Waals surface area contributed by atoms with E-state index in [0.717, 1.165) is 5.69 Å². The lowest BCUT2D eigenvalue weighted by atomic mass is 10.3. The molecule has 0 heterocycles. The highest BCUT2D eigenvalue weighted by Gasteiger charge is 2.21. The van der Waals surface area contributed by atoms with Crippen LogP contribution >= 0.6 is 34.8 Å². The summed E-state index contributed by atoms with van der Waals surface area (Å²) in [6, 6.07) is 6.85. The zero-order valence-corrected chi connectivity index (χ0v) is 9.64. The summed E-state index contributed by atoms with van der Waals surface area (Å²) in [4.78, 5) is 0. The Morgan fingerprint density at radius 1 is 1.21 bits per heavy atom. The van der Waals surface area contributed by atoms with Crippen LogP contribution in [0.25, 0.3) is 0 Å². The van der Waals surface area contributed by atoms with Crippen molar-refractivity contribution in [3.8, 4) is 5.75 Å². The second-order valence-electron chi connectivity index (χ2n) is 2.65. The van der Waals surface area contributed by atoms with Gasteiger partial charge in [-0.2, -0.15) is 0 Å². The minimum absolute atomic E-state index is 0.468. The molecule has 0 saturated heterocycles. The largest absolute Gasteiger partial charge is 0.446 e. The van der Waals surface area contributed by atoms with Crippen LogP contribution in [-0.4, -0.2) is 11.0 Å². The molecule has 6 heteroatoms. The summed E-state index contributed by atoms with van der Waals surface area (Å²) in [7, 11) is 1.73. The molecule has 1 aromatic rings. The number of benzene rings is 1. The van der Waals surface area contributed by atoms with Crippen molar-refractivity contribution in [3.05, 3.63) is 24.3 Å². The first-order valence-electron chi connectivity index (χ1n) is 3.73. The molecular weight excluding hydrogens is 246 g/mol. The van der Waals surface area contributed by atoms with E-state index in [9.17, 15) is 0 Å². The van der Waals surface area contributed by atoms with E-state index in [1.165, 1.54) is 5.01 Å². The average molecular weight is 256 g/mol. The van der Waals surface area contributed by atoms with E-state index < -0.39 is 3.98 Å². The molecule has 1 aromatic carbocycles. The lowest BCUT2D eigenvalue weighted by molar-refractivity contribution is 0.320. The number of anilines is 1. The predicted octanol–water partition coefficient (Wildman–Crippen LogP) is 2.70. The van der Waals surface area contributed by atoms with E-state index in [1.54, 1.807) is 31.3 Å². The Kier molecular flexibility index (Phi) is 3.72. The number of alkyl halides is 3. The number of hydrogen-bond acceptors (Lipinski definition) is 3. The molecule has 0 aliphatic carbocycles. The molecule has 0 radical (unpaired) electrons. The maximum absolute atomic E-state index is 5.51. The summed E-state index contributed by atoms with van der Waals surface area (Å²) in [5.74, 6) is 5.97. The standard InChI is InChI=1S/C8H9Cl3N2O/c1-13(12)6-2-4-7(5-3-6)14-8(9,10)11/h2-5H,12H2,1H3. The minimum Gasteiger partial charge on any atom is -0.446 e. The first-order valence-corrected chi connectivity index (χ1v) is 4.86. The number of ether oxygens (including phenoxy) is 1. The third kappa shape index (κ3) is 3.80. The number of hydrogen-bond donors (Lipinski definition) is 1. The van der Waals surface area contributed by atoms with Gasteiger partial charge in [0.1, 0.15) is 5.75 Å². The van der Waals surface area contributed by atoms with Crippen LogP contribution < -0.4 is 15.6 Å².